The van der Waals surface area contributed by atoms with E-state index in [1.165, 1.54) is 19.4 Å². The van der Waals surface area contributed by atoms with E-state index in [2.05, 4.69) is 6.58 Å². The molecule has 1 saturated heterocycles. The van der Waals surface area contributed by atoms with E-state index in [4.69, 9.17) is 23.7 Å². The van der Waals surface area contributed by atoms with Gasteiger partial charge in [-0.3, -0.25) is 0 Å². The maximum Gasteiger partial charge on any atom is 0.337 e. The number of aliphatic hydroxyl groups is 5. The maximum absolute atomic E-state index is 12.9. The van der Waals surface area contributed by atoms with E-state index in [9.17, 15) is 35.1 Å². The normalized spacial score (nSPS) is 38.1. The average molecular weight is 557 g/mol. The van der Waals surface area contributed by atoms with Crippen molar-refractivity contribution in [2.75, 3.05) is 13.7 Å². The first kappa shape index (κ1) is 31.2. The van der Waals surface area contributed by atoms with Gasteiger partial charge in [-0.25, -0.2) is 9.59 Å². The molecule has 12 nitrogen and oxygen atoms in total. The van der Waals surface area contributed by atoms with Crippen LogP contribution < -0.4 is 0 Å². The lowest BCUT2D eigenvalue weighted by Crippen LogP contribution is -2.60. The van der Waals surface area contributed by atoms with Gasteiger partial charge < -0.3 is 49.2 Å². The van der Waals surface area contributed by atoms with Crippen molar-refractivity contribution in [1.29, 1.82) is 0 Å². The zero-order valence-electron chi connectivity index (χ0n) is 22.6. The minimum atomic E-state index is -1.64. The van der Waals surface area contributed by atoms with Gasteiger partial charge in [-0.1, -0.05) is 19.1 Å². The monoisotopic (exact) mass is 556 g/mol. The van der Waals surface area contributed by atoms with E-state index in [1.807, 2.05) is 6.92 Å². The Hall–Kier alpha value is -2.32. The third-order valence-corrected chi connectivity index (χ3v) is 7.85. The Labute approximate surface area is 227 Å². The quantitative estimate of drug-likeness (QED) is 0.139. The average Bonchev–Trinajstić information content (AvgIpc) is 3.24. The highest BCUT2D eigenvalue weighted by atomic mass is 16.8. The summed E-state index contributed by atoms with van der Waals surface area (Å²) >= 11 is 0. The summed E-state index contributed by atoms with van der Waals surface area (Å²) in [5, 5.41) is 50.2. The number of rotatable bonds is 10. The molecule has 2 heterocycles. The Morgan fingerprint density at radius 1 is 1.21 bits per heavy atom. The molecule has 0 spiro atoms. The summed E-state index contributed by atoms with van der Waals surface area (Å²) in [5.41, 5.74) is -0.449. The molecule has 1 saturated carbocycles. The van der Waals surface area contributed by atoms with Crippen molar-refractivity contribution in [1.82, 2.24) is 0 Å². The zero-order chi connectivity index (χ0) is 29.1. The molecule has 11 atom stereocenters. The van der Waals surface area contributed by atoms with Gasteiger partial charge in [0.05, 0.1) is 31.2 Å². The van der Waals surface area contributed by atoms with Crippen molar-refractivity contribution < 1.29 is 58.8 Å². The van der Waals surface area contributed by atoms with Crippen LogP contribution in [0.5, 0.6) is 0 Å². The summed E-state index contributed by atoms with van der Waals surface area (Å²) in [7, 11) is 1.24. The molecular weight excluding hydrogens is 516 g/mol. The smallest absolute Gasteiger partial charge is 0.337 e. The molecule has 0 unspecified atom stereocenters. The van der Waals surface area contributed by atoms with E-state index in [0.29, 0.717) is 18.4 Å². The van der Waals surface area contributed by atoms with Crippen molar-refractivity contribution in [3.63, 3.8) is 0 Å². The summed E-state index contributed by atoms with van der Waals surface area (Å²) in [6.45, 7) is 8.02. The summed E-state index contributed by atoms with van der Waals surface area (Å²) in [4.78, 5) is 25.3. The first-order valence-electron chi connectivity index (χ1n) is 13.0. The number of allylic oxidation sites excluding steroid dienone is 1. The van der Waals surface area contributed by atoms with Gasteiger partial charge in [-0.15, -0.1) is 6.58 Å². The van der Waals surface area contributed by atoms with Gasteiger partial charge in [0, 0.05) is 23.3 Å². The standard InChI is InChI=1S/C27H40O12/c1-6-27(4,34)9-7-8-13(2)23(32)37-17-10-15-16(24(33)35-5)12-36-25(19(15)14(17)3)39-26-22(31)21(30)20(29)18(11-28)38-26/h6,8,12,14-15,17-22,25-26,28-31,34H,1,7,9-11H2,2-5H3/b13-8+/t14-,15+,17-,18+,19+,20+,21-,22+,25-,26-,27+/m0/s1. The van der Waals surface area contributed by atoms with Gasteiger partial charge in [0.1, 0.15) is 30.5 Å². The van der Waals surface area contributed by atoms with Crippen LogP contribution in [0.15, 0.2) is 36.1 Å². The van der Waals surface area contributed by atoms with Crippen molar-refractivity contribution in [2.45, 2.75) is 88.7 Å². The molecule has 39 heavy (non-hydrogen) atoms. The van der Waals surface area contributed by atoms with Crippen LogP contribution in [0.4, 0.5) is 0 Å². The number of aliphatic hydroxyl groups excluding tert-OH is 4. The molecular formula is C27H40O12. The van der Waals surface area contributed by atoms with Crippen molar-refractivity contribution >= 4 is 11.9 Å². The number of hydrogen-bond acceptors (Lipinski definition) is 12. The number of hydrogen-bond donors (Lipinski definition) is 5. The first-order chi connectivity index (χ1) is 18.3. The second-order valence-corrected chi connectivity index (χ2v) is 10.6. The Balaban J connectivity index is 1.76. The van der Waals surface area contributed by atoms with Crippen molar-refractivity contribution in [2.24, 2.45) is 17.8 Å². The first-order valence-corrected chi connectivity index (χ1v) is 13.0. The molecule has 2 fully saturated rings. The van der Waals surface area contributed by atoms with Crippen LogP contribution >= 0.6 is 0 Å². The number of fused-ring (bicyclic) bond motifs is 1. The highest BCUT2D eigenvalue weighted by Crippen LogP contribution is 2.48. The van der Waals surface area contributed by atoms with Gasteiger partial charge >= 0.3 is 11.9 Å². The molecule has 2 aliphatic heterocycles. The Kier molecular flexibility index (Phi) is 10.3. The second-order valence-electron chi connectivity index (χ2n) is 10.6. The summed E-state index contributed by atoms with van der Waals surface area (Å²) in [6.07, 6.45) is -3.75. The van der Waals surface area contributed by atoms with Crippen LogP contribution in [-0.4, -0.2) is 99.9 Å². The predicted molar refractivity (Wildman–Crippen MR) is 134 cm³/mol. The van der Waals surface area contributed by atoms with Gasteiger partial charge in [-0.2, -0.15) is 0 Å². The van der Waals surface area contributed by atoms with Crippen LogP contribution in [0.3, 0.4) is 0 Å². The lowest BCUT2D eigenvalue weighted by molar-refractivity contribution is -0.342. The SMILES string of the molecule is C=C[C@@](C)(O)CC/C=C(\C)C(=O)O[C@H]1C[C@@H]2C(C(=O)OC)=CO[C@@H](O[C@@H]3O[C@H](CO)[C@@H](O)[C@H](O)[C@H]3O)[C@@H]2[C@H]1C. The zero-order valence-corrected chi connectivity index (χ0v) is 22.6. The lowest BCUT2D eigenvalue weighted by atomic mass is 9.83. The number of esters is 2. The van der Waals surface area contributed by atoms with Crippen LogP contribution in [0.2, 0.25) is 0 Å². The van der Waals surface area contributed by atoms with E-state index in [1.54, 1.807) is 19.9 Å². The third-order valence-electron chi connectivity index (χ3n) is 7.85. The van der Waals surface area contributed by atoms with E-state index in [-0.39, 0.29) is 17.9 Å². The van der Waals surface area contributed by atoms with Crippen LogP contribution in [0.1, 0.15) is 40.0 Å². The maximum atomic E-state index is 12.9. The van der Waals surface area contributed by atoms with Gasteiger partial charge in [0.25, 0.3) is 0 Å². The number of methoxy groups -OCH3 is 1. The number of carbonyl (C=O) groups is 2. The molecule has 0 aromatic rings. The molecule has 0 aromatic heterocycles. The second kappa shape index (κ2) is 12.9. The third kappa shape index (κ3) is 6.88. The molecule has 3 aliphatic rings. The fourth-order valence-electron chi connectivity index (χ4n) is 5.23. The predicted octanol–water partition coefficient (Wildman–Crippen LogP) is 0.0636. The van der Waals surface area contributed by atoms with Crippen LogP contribution in [0, 0.1) is 17.8 Å². The molecule has 0 amide bonds. The topological polar surface area (TPSA) is 181 Å². The van der Waals surface area contributed by atoms with Gasteiger partial charge in [-0.05, 0) is 33.1 Å². The lowest BCUT2D eigenvalue weighted by Gasteiger charge is -2.43. The van der Waals surface area contributed by atoms with Crippen molar-refractivity contribution in [3.8, 4) is 0 Å². The molecule has 5 N–H and O–H groups in total. The van der Waals surface area contributed by atoms with Gasteiger partial charge in [0.2, 0.25) is 6.29 Å². The summed E-state index contributed by atoms with van der Waals surface area (Å²) in [5.74, 6) is -2.56. The largest absolute Gasteiger partial charge is 0.472 e. The van der Waals surface area contributed by atoms with E-state index >= 15 is 0 Å². The molecule has 12 heteroatoms. The van der Waals surface area contributed by atoms with Gasteiger partial charge in [0.15, 0.2) is 6.29 Å². The fourth-order valence-corrected chi connectivity index (χ4v) is 5.23. The summed E-state index contributed by atoms with van der Waals surface area (Å²) in [6, 6.07) is 0. The molecule has 0 aromatic carbocycles. The van der Waals surface area contributed by atoms with E-state index < -0.39 is 79.1 Å². The highest BCUT2D eigenvalue weighted by Gasteiger charge is 2.54. The Morgan fingerprint density at radius 2 is 1.90 bits per heavy atom. The highest BCUT2D eigenvalue weighted by molar-refractivity contribution is 5.89. The Morgan fingerprint density at radius 3 is 2.51 bits per heavy atom. The number of carbonyl (C=O) groups excluding carboxylic acids is 2. The molecule has 0 bridgehead atoms. The Bertz CT molecular complexity index is 956. The van der Waals surface area contributed by atoms with Crippen molar-refractivity contribution in [3.05, 3.63) is 36.1 Å². The summed E-state index contributed by atoms with van der Waals surface area (Å²) < 4.78 is 27.8. The minimum absolute atomic E-state index is 0.237. The van der Waals surface area contributed by atoms with E-state index in [0.717, 1.165) is 0 Å². The number of ether oxygens (including phenoxy) is 5. The fraction of sp³-hybridized carbons (Fsp3) is 0.704. The minimum Gasteiger partial charge on any atom is -0.472 e. The molecule has 220 valence electrons. The molecule has 1 aliphatic carbocycles. The van der Waals surface area contributed by atoms with Crippen LogP contribution in [0.25, 0.3) is 0 Å². The van der Waals surface area contributed by atoms with Crippen LogP contribution in [-0.2, 0) is 33.3 Å². The molecule has 3 rings (SSSR count). The molecule has 0 radical (unpaired) electrons.